The molecule has 2 aromatic rings. The average Bonchev–Trinajstić information content (AvgIpc) is 2.75. The fraction of sp³-hybridized carbons (Fsp3) is 0.118. The van der Waals surface area contributed by atoms with Crippen molar-refractivity contribution in [1.82, 2.24) is 9.36 Å². The second-order valence-corrected chi connectivity index (χ2v) is 5.22. The van der Waals surface area contributed by atoms with Crippen molar-refractivity contribution in [2.75, 3.05) is 5.32 Å². The van der Waals surface area contributed by atoms with Crippen LogP contribution in [0.4, 0.5) is 5.69 Å². The molecule has 6 heteroatoms. The summed E-state index contributed by atoms with van der Waals surface area (Å²) < 4.78 is 3.28. The fourth-order valence-corrected chi connectivity index (χ4v) is 2.44. The summed E-state index contributed by atoms with van der Waals surface area (Å²) >= 11 is 0. The number of rotatable bonds is 3. The number of allylic oxidation sites excluding steroid dienone is 3. The lowest BCUT2D eigenvalue weighted by atomic mass is 10.1. The van der Waals surface area contributed by atoms with Crippen LogP contribution in [0.5, 0.6) is 0 Å². The van der Waals surface area contributed by atoms with Gasteiger partial charge in [0, 0.05) is 18.8 Å². The van der Waals surface area contributed by atoms with Gasteiger partial charge < -0.3 is 5.32 Å². The third kappa shape index (κ3) is 2.55. The molecule has 0 saturated carbocycles. The van der Waals surface area contributed by atoms with E-state index in [0.717, 1.165) is 11.4 Å². The number of para-hydroxylation sites is 1. The predicted octanol–water partition coefficient (Wildman–Crippen LogP) is 1.49. The maximum absolute atomic E-state index is 12.7. The van der Waals surface area contributed by atoms with Crippen molar-refractivity contribution in [2.24, 2.45) is 7.05 Å². The van der Waals surface area contributed by atoms with E-state index in [2.05, 4.69) is 5.32 Å². The van der Waals surface area contributed by atoms with E-state index < -0.39 is 11.6 Å². The van der Waals surface area contributed by atoms with Crippen LogP contribution in [0.2, 0.25) is 0 Å². The molecule has 0 fully saturated rings. The molecule has 0 saturated heterocycles. The Hall–Kier alpha value is -3.15. The van der Waals surface area contributed by atoms with Crippen LogP contribution in [0, 0.1) is 6.92 Å². The Bertz CT molecular complexity index is 915. The SMILES string of the molecule is Cc1c(NC2=CC(=O)C(=O)C=C2)c(=O)n(-c2ccccc2)n1C. The molecule has 1 aliphatic rings. The standard InChI is InChI=1S/C17H15N3O3/c1-11-16(18-12-8-9-14(21)15(22)10-12)17(23)20(19(11)2)13-6-4-3-5-7-13/h3-10,18H,1-2H3. The number of benzene rings is 1. The van der Waals surface area contributed by atoms with Crippen LogP contribution < -0.4 is 10.9 Å². The van der Waals surface area contributed by atoms with E-state index in [1.54, 1.807) is 11.7 Å². The molecule has 3 rings (SSSR count). The zero-order valence-corrected chi connectivity index (χ0v) is 12.7. The van der Waals surface area contributed by atoms with Gasteiger partial charge in [-0.1, -0.05) is 18.2 Å². The molecule has 0 bridgehead atoms. The summed E-state index contributed by atoms with van der Waals surface area (Å²) in [4.78, 5) is 35.4. The zero-order chi connectivity index (χ0) is 16.6. The summed E-state index contributed by atoms with van der Waals surface area (Å²) in [6.45, 7) is 1.81. The first-order valence-corrected chi connectivity index (χ1v) is 7.08. The molecule has 1 aromatic heterocycles. The molecule has 1 N–H and O–H groups in total. The summed E-state index contributed by atoms with van der Waals surface area (Å²) in [5.41, 5.74) is 2.03. The molecule has 6 nitrogen and oxygen atoms in total. The quantitative estimate of drug-likeness (QED) is 0.688. The second-order valence-electron chi connectivity index (χ2n) is 5.22. The number of hydrogen-bond donors (Lipinski definition) is 1. The second kappa shape index (κ2) is 5.57. The Morgan fingerprint density at radius 2 is 1.65 bits per heavy atom. The minimum atomic E-state index is -0.605. The first-order valence-electron chi connectivity index (χ1n) is 7.08. The maximum Gasteiger partial charge on any atom is 0.295 e. The topological polar surface area (TPSA) is 73.1 Å². The molecular weight excluding hydrogens is 294 g/mol. The van der Waals surface area contributed by atoms with Gasteiger partial charge in [-0.3, -0.25) is 19.1 Å². The van der Waals surface area contributed by atoms with Crippen molar-refractivity contribution >= 4 is 17.3 Å². The lowest BCUT2D eigenvalue weighted by molar-refractivity contribution is -0.131. The Balaban J connectivity index is 2.04. The summed E-state index contributed by atoms with van der Waals surface area (Å²) in [6, 6.07) is 9.27. The lowest BCUT2D eigenvalue weighted by Crippen LogP contribution is -2.21. The van der Waals surface area contributed by atoms with Gasteiger partial charge in [-0.05, 0) is 31.2 Å². The van der Waals surface area contributed by atoms with Crippen LogP contribution in [-0.2, 0) is 16.6 Å². The third-order valence-electron chi connectivity index (χ3n) is 3.77. The minimum Gasteiger partial charge on any atom is -0.349 e. The molecule has 0 unspecified atom stereocenters. The van der Waals surface area contributed by atoms with Gasteiger partial charge in [0.2, 0.25) is 11.6 Å². The number of carbonyl (C=O) groups is 2. The van der Waals surface area contributed by atoms with E-state index in [4.69, 9.17) is 0 Å². The summed E-state index contributed by atoms with van der Waals surface area (Å²) in [5.74, 6) is -1.17. The lowest BCUT2D eigenvalue weighted by Gasteiger charge is -2.08. The van der Waals surface area contributed by atoms with Crippen LogP contribution in [0.15, 0.2) is 59.1 Å². The van der Waals surface area contributed by atoms with Crippen LogP contribution in [0.25, 0.3) is 5.69 Å². The van der Waals surface area contributed by atoms with Gasteiger partial charge in [0.1, 0.15) is 5.69 Å². The van der Waals surface area contributed by atoms with Gasteiger partial charge in [0.05, 0.1) is 11.4 Å². The van der Waals surface area contributed by atoms with Gasteiger partial charge in [0.25, 0.3) is 5.56 Å². The zero-order valence-electron chi connectivity index (χ0n) is 12.7. The molecule has 1 heterocycles. The largest absolute Gasteiger partial charge is 0.349 e. The maximum atomic E-state index is 12.7. The van der Waals surface area contributed by atoms with Crippen molar-refractivity contribution in [3.63, 3.8) is 0 Å². The van der Waals surface area contributed by atoms with Gasteiger partial charge >= 0.3 is 0 Å². The van der Waals surface area contributed by atoms with Crippen molar-refractivity contribution in [2.45, 2.75) is 6.92 Å². The van der Waals surface area contributed by atoms with Gasteiger partial charge in [-0.15, -0.1) is 0 Å². The molecule has 0 amide bonds. The number of carbonyl (C=O) groups excluding carboxylic acids is 2. The number of nitrogens with zero attached hydrogens (tertiary/aromatic N) is 2. The average molecular weight is 309 g/mol. The van der Waals surface area contributed by atoms with Crippen molar-refractivity contribution in [3.05, 3.63) is 70.3 Å². The van der Waals surface area contributed by atoms with Gasteiger partial charge in [-0.2, -0.15) is 0 Å². The molecule has 0 radical (unpaired) electrons. The van der Waals surface area contributed by atoms with Crippen molar-refractivity contribution < 1.29 is 9.59 Å². The summed E-state index contributed by atoms with van der Waals surface area (Å²) in [6.07, 6.45) is 3.88. The van der Waals surface area contributed by atoms with Crippen LogP contribution in [0.1, 0.15) is 5.69 Å². The van der Waals surface area contributed by atoms with E-state index in [9.17, 15) is 14.4 Å². The Morgan fingerprint density at radius 3 is 2.30 bits per heavy atom. The van der Waals surface area contributed by atoms with E-state index >= 15 is 0 Å². The van der Waals surface area contributed by atoms with E-state index in [0.29, 0.717) is 11.4 Å². The van der Waals surface area contributed by atoms with Crippen LogP contribution >= 0.6 is 0 Å². The number of aromatic nitrogens is 2. The summed E-state index contributed by atoms with van der Waals surface area (Å²) in [5, 5.41) is 2.95. The van der Waals surface area contributed by atoms with E-state index in [1.165, 1.54) is 22.9 Å². The number of ketones is 2. The smallest absolute Gasteiger partial charge is 0.295 e. The van der Waals surface area contributed by atoms with Gasteiger partial charge in [0.15, 0.2) is 0 Å². The molecule has 116 valence electrons. The molecule has 0 aliphatic heterocycles. The molecule has 1 aliphatic carbocycles. The first-order chi connectivity index (χ1) is 11.0. The third-order valence-corrected chi connectivity index (χ3v) is 3.77. The highest BCUT2D eigenvalue weighted by Gasteiger charge is 2.19. The monoisotopic (exact) mass is 309 g/mol. The van der Waals surface area contributed by atoms with E-state index in [-0.39, 0.29) is 5.56 Å². The predicted molar refractivity (Wildman–Crippen MR) is 86.6 cm³/mol. The molecule has 1 aromatic carbocycles. The highest BCUT2D eigenvalue weighted by molar-refractivity contribution is 6.46. The fourth-order valence-electron chi connectivity index (χ4n) is 2.44. The molecule has 0 spiro atoms. The number of nitrogens with one attached hydrogen (secondary N) is 1. The Labute approximate surface area is 132 Å². The highest BCUT2D eigenvalue weighted by Crippen LogP contribution is 2.17. The Kier molecular flexibility index (Phi) is 3.57. The number of anilines is 1. The Morgan fingerprint density at radius 1 is 0.957 bits per heavy atom. The van der Waals surface area contributed by atoms with Crippen LogP contribution in [0.3, 0.4) is 0 Å². The van der Waals surface area contributed by atoms with Crippen molar-refractivity contribution in [3.8, 4) is 5.69 Å². The molecule has 23 heavy (non-hydrogen) atoms. The van der Waals surface area contributed by atoms with E-state index in [1.807, 2.05) is 37.3 Å². The molecular formula is C17H15N3O3. The first kappa shape index (κ1) is 14.8. The summed E-state index contributed by atoms with van der Waals surface area (Å²) in [7, 11) is 1.79. The minimum absolute atomic E-state index is 0.227. The van der Waals surface area contributed by atoms with Gasteiger partial charge in [-0.25, -0.2) is 4.68 Å². The normalized spacial score (nSPS) is 14.1. The van der Waals surface area contributed by atoms with Crippen molar-refractivity contribution in [1.29, 1.82) is 0 Å². The van der Waals surface area contributed by atoms with Crippen LogP contribution in [-0.4, -0.2) is 20.9 Å². The highest BCUT2D eigenvalue weighted by atomic mass is 16.2. The number of hydrogen-bond acceptors (Lipinski definition) is 4. The molecule has 0 atom stereocenters.